The molecule has 4 heteroatoms. The average Bonchev–Trinajstić information content (AvgIpc) is 3.48. The molecule has 6 fully saturated rings. The highest BCUT2D eigenvalue weighted by atomic mass is 16.3. The summed E-state index contributed by atoms with van der Waals surface area (Å²) in [5.41, 5.74) is 7.00. The van der Waals surface area contributed by atoms with Gasteiger partial charge in [-0.2, -0.15) is 10.2 Å². The van der Waals surface area contributed by atoms with Crippen molar-refractivity contribution in [3.63, 3.8) is 0 Å². The molecular formula is C38H56N2O2. The zero-order chi connectivity index (χ0) is 29.1. The second kappa shape index (κ2) is 9.62. The van der Waals surface area contributed by atoms with E-state index in [1.807, 2.05) is 0 Å². The van der Waals surface area contributed by atoms with Crippen molar-refractivity contribution in [1.29, 1.82) is 0 Å². The molecule has 0 radical (unpaired) electrons. The first-order valence-corrected chi connectivity index (χ1v) is 18.0. The maximum absolute atomic E-state index is 10.4. The van der Waals surface area contributed by atoms with Gasteiger partial charge in [0, 0.05) is 22.3 Å². The molecule has 6 saturated carbocycles. The SMILES string of the molecule is C[C@]12CC[C@@H](O)CC1=CC[C@@H]1[C@H]3CC/C(=N/N=C4/CC[C@H]5[C@@H]6CC=C7C[C@H](O)CC[C@]7(C)[C@H]6CC[C@]45C)[C@]3(C)CC[C@@H]12. The molecule has 42 heavy (non-hydrogen) atoms. The second-order valence-corrected chi connectivity index (χ2v) is 17.4. The Morgan fingerprint density at radius 3 is 1.36 bits per heavy atom. The molecule has 0 aromatic heterocycles. The Labute approximate surface area is 254 Å². The maximum atomic E-state index is 10.4. The normalized spacial score (nSPS) is 55.1. The van der Waals surface area contributed by atoms with Gasteiger partial charge in [-0.15, -0.1) is 0 Å². The van der Waals surface area contributed by atoms with E-state index in [0.717, 1.165) is 74.0 Å². The van der Waals surface area contributed by atoms with Crippen LogP contribution in [-0.2, 0) is 0 Å². The Bertz CT molecular complexity index is 1170. The van der Waals surface area contributed by atoms with Gasteiger partial charge in [-0.3, -0.25) is 0 Å². The van der Waals surface area contributed by atoms with Crippen molar-refractivity contribution in [2.45, 2.75) is 143 Å². The van der Waals surface area contributed by atoms with E-state index in [1.54, 1.807) is 11.1 Å². The van der Waals surface area contributed by atoms with Crippen LogP contribution in [0.15, 0.2) is 33.5 Å². The standard InChI is InChI=1S/C38H56N2O2/c1-35-17-13-25(41)21-23(35)5-7-27-29-9-11-33(37(29,3)19-15-31(27)35)39-40-34-12-10-30-28-8-6-24-22-26(42)14-18-36(24,2)32(28)16-20-38(30,34)4/h5-6,25-32,41-42H,7-22H2,1-4H3/b39-33-,40-34-/t25-,26-,27-,28+,29-,30+,31+,32+,35+,36+,37-,38+/m1/s1. The fourth-order valence-electron chi connectivity index (χ4n) is 13.3. The van der Waals surface area contributed by atoms with E-state index in [0.29, 0.717) is 10.8 Å². The summed E-state index contributed by atoms with van der Waals surface area (Å²) in [6.07, 6.45) is 23.4. The summed E-state index contributed by atoms with van der Waals surface area (Å²) < 4.78 is 0. The van der Waals surface area contributed by atoms with Crippen LogP contribution in [0.3, 0.4) is 0 Å². The lowest BCUT2D eigenvalue weighted by atomic mass is 9.48. The minimum absolute atomic E-state index is 0.123. The fourth-order valence-corrected chi connectivity index (χ4v) is 13.3. The lowest BCUT2D eigenvalue weighted by molar-refractivity contribution is -0.0212. The second-order valence-electron chi connectivity index (χ2n) is 17.4. The quantitative estimate of drug-likeness (QED) is 0.245. The average molecular weight is 573 g/mol. The van der Waals surface area contributed by atoms with Crippen LogP contribution in [0.25, 0.3) is 0 Å². The maximum Gasteiger partial charge on any atom is 0.0577 e. The molecule has 0 spiro atoms. The Morgan fingerprint density at radius 2 is 0.929 bits per heavy atom. The molecule has 0 bridgehead atoms. The Hall–Kier alpha value is -1.26. The highest BCUT2D eigenvalue weighted by molar-refractivity contribution is 5.95. The topological polar surface area (TPSA) is 65.2 Å². The summed E-state index contributed by atoms with van der Waals surface area (Å²) in [7, 11) is 0. The van der Waals surface area contributed by atoms with Crippen molar-refractivity contribution in [2.75, 3.05) is 0 Å². The van der Waals surface area contributed by atoms with E-state index in [4.69, 9.17) is 10.2 Å². The molecule has 8 aliphatic rings. The van der Waals surface area contributed by atoms with Gasteiger partial charge in [0.1, 0.15) is 0 Å². The lowest BCUT2D eigenvalue weighted by Crippen LogP contribution is -2.50. The number of rotatable bonds is 1. The molecule has 8 aliphatic carbocycles. The van der Waals surface area contributed by atoms with Gasteiger partial charge in [0.25, 0.3) is 0 Å². The van der Waals surface area contributed by atoms with Crippen LogP contribution < -0.4 is 0 Å². The minimum atomic E-state index is -0.123. The van der Waals surface area contributed by atoms with E-state index in [1.165, 1.54) is 75.6 Å². The highest BCUT2D eigenvalue weighted by Gasteiger charge is 2.59. The largest absolute Gasteiger partial charge is 0.393 e. The number of hydrogen-bond acceptors (Lipinski definition) is 4. The number of aliphatic hydroxyl groups excluding tert-OH is 2. The molecular weight excluding hydrogens is 516 g/mol. The van der Waals surface area contributed by atoms with Crippen LogP contribution in [0, 0.1) is 57.2 Å². The molecule has 0 aliphatic heterocycles. The van der Waals surface area contributed by atoms with Crippen LogP contribution in [0.1, 0.15) is 130 Å². The Morgan fingerprint density at radius 1 is 0.548 bits per heavy atom. The minimum Gasteiger partial charge on any atom is -0.393 e. The van der Waals surface area contributed by atoms with E-state index < -0.39 is 0 Å². The zero-order valence-electron chi connectivity index (χ0n) is 26.9. The molecule has 0 aromatic carbocycles. The predicted molar refractivity (Wildman–Crippen MR) is 170 cm³/mol. The molecule has 4 nitrogen and oxygen atoms in total. The lowest BCUT2D eigenvalue weighted by Gasteiger charge is -2.57. The summed E-state index contributed by atoms with van der Waals surface area (Å²) in [5, 5.41) is 31.2. The molecule has 12 atom stereocenters. The van der Waals surface area contributed by atoms with E-state index in [2.05, 4.69) is 39.8 Å². The van der Waals surface area contributed by atoms with E-state index in [9.17, 15) is 10.2 Å². The molecule has 8 rings (SSSR count). The molecule has 0 unspecified atom stereocenters. The van der Waals surface area contributed by atoms with Crippen molar-refractivity contribution in [3.8, 4) is 0 Å². The monoisotopic (exact) mass is 572 g/mol. The third-order valence-corrected chi connectivity index (χ3v) is 15.9. The van der Waals surface area contributed by atoms with Gasteiger partial charge in [0.05, 0.1) is 12.2 Å². The first-order chi connectivity index (χ1) is 20.1. The highest BCUT2D eigenvalue weighted by Crippen LogP contribution is 2.66. The van der Waals surface area contributed by atoms with Crippen LogP contribution in [0.5, 0.6) is 0 Å². The first-order valence-electron chi connectivity index (χ1n) is 18.0. The Balaban J connectivity index is 1.03. The van der Waals surface area contributed by atoms with Crippen molar-refractivity contribution in [3.05, 3.63) is 23.3 Å². The molecule has 0 saturated heterocycles. The van der Waals surface area contributed by atoms with Gasteiger partial charge in [0.15, 0.2) is 0 Å². The smallest absolute Gasteiger partial charge is 0.0577 e. The van der Waals surface area contributed by atoms with Gasteiger partial charge >= 0.3 is 0 Å². The molecule has 0 heterocycles. The first kappa shape index (κ1) is 28.2. The van der Waals surface area contributed by atoms with Gasteiger partial charge < -0.3 is 10.2 Å². The Kier molecular flexibility index (Phi) is 6.47. The van der Waals surface area contributed by atoms with Crippen molar-refractivity contribution in [1.82, 2.24) is 0 Å². The zero-order valence-corrected chi connectivity index (χ0v) is 26.9. The number of nitrogens with zero attached hydrogens (tertiary/aromatic N) is 2. The molecule has 0 aromatic rings. The van der Waals surface area contributed by atoms with Crippen molar-refractivity contribution >= 4 is 11.4 Å². The van der Waals surface area contributed by atoms with Gasteiger partial charge in [-0.25, -0.2) is 0 Å². The van der Waals surface area contributed by atoms with Crippen LogP contribution in [-0.4, -0.2) is 33.8 Å². The van der Waals surface area contributed by atoms with Gasteiger partial charge in [0.2, 0.25) is 0 Å². The van der Waals surface area contributed by atoms with Crippen molar-refractivity contribution in [2.24, 2.45) is 67.4 Å². The van der Waals surface area contributed by atoms with Gasteiger partial charge in [-0.1, -0.05) is 51.0 Å². The van der Waals surface area contributed by atoms with E-state index in [-0.39, 0.29) is 23.0 Å². The van der Waals surface area contributed by atoms with Crippen LogP contribution in [0.2, 0.25) is 0 Å². The third-order valence-electron chi connectivity index (χ3n) is 15.9. The predicted octanol–water partition coefficient (Wildman–Crippen LogP) is 8.43. The fraction of sp³-hybridized carbons (Fsp3) is 0.842. The molecule has 0 amide bonds. The number of fused-ring (bicyclic) bond motifs is 10. The number of hydrogen-bond donors (Lipinski definition) is 2. The van der Waals surface area contributed by atoms with E-state index >= 15 is 0 Å². The van der Waals surface area contributed by atoms with Crippen LogP contribution >= 0.6 is 0 Å². The summed E-state index contributed by atoms with van der Waals surface area (Å²) in [6, 6.07) is 0. The number of aliphatic hydroxyl groups is 2. The van der Waals surface area contributed by atoms with Crippen molar-refractivity contribution < 1.29 is 10.2 Å². The third kappa shape index (κ3) is 3.85. The summed E-state index contributed by atoms with van der Waals surface area (Å²) in [6.45, 7) is 10.2. The molecule has 230 valence electrons. The summed E-state index contributed by atoms with van der Waals surface area (Å²) >= 11 is 0. The number of allylic oxidation sites excluding steroid dienone is 2. The molecule has 2 N–H and O–H groups in total. The summed E-state index contributed by atoms with van der Waals surface area (Å²) in [4.78, 5) is 0. The van der Waals surface area contributed by atoms with Gasteiger partial charge in [-0.05, 0) is 149 Å². The summed E-state index contributed by atoms with van der Waals surface area (Å²) in [5.74, 6) is 4.55. The van der Waals surface area contributed by atoms with Crippen LogP contribution in [0.4, 0.5) is 0 Å².